The quantitative estimate of drug-likeness (QED) is 0.483. The number of piperidine rings is 1. The molecular formula is C20H22ClN6+. The average Bonchev–Trinajstić information content (AvgIpc) is 2.72. The Morgan fingerprint density at radius 2 is 2.15 bits per heavy atom. The van der Waals surface area contributed by atoms with Crippen LogP contribution < -0.4 is 10.6 Å². The van der Waals surface area contributed by atoms with Crippen LogP contribution in [0.25, 0.3) is 11.1 Å². The largest absolute Gasteiger partial charge is 0.370 e. The number of hydrogen-bond acceptors (Lipinski definition) is 4. The summed E-state index contributed by atoms with van der Waals surface area (Å²) in [5, 5.41) is 17.6. The van der Waals surface area contributed by atoms with Crippen LogP contribution in [0.1, 0.15) is 18.4 Å². The standard InChI is InChI=1S/C20H21ClN6/c1-26(13-23)20(24)14-5-7-27(8-6-14)19-15(10-22)3-2-4-18(19)16-9-17(21)12-25-11-16/h2-4,9,11-14,23-24H,5-8H2,1H3/p+1. The molecule has 2 aromatic rings. The lowest BCUT2D eigenvalue weighted by molar-refractivity contribution is -0.366. The number of para-hydroxylation sites is 1. The van der Waals surface area contributed by atoms with Crippen molar-refractivity contribution >= 4 is 29.5 Å². The fourth-order valence-electron chi connectivity index (χ4n) is 3.53. The zero-order valence-corrected chi connectivity index (χ0v) is 15.9. The molecule has 1 saturated heterocycles. The van der Waals surface area contributed by atoms with Gasteiger partial charge in [0.25, 0.3) is 0 Å². The lowest BCUT2D eigenvalue weighted by Crippen LogP contribution is -2.42. The van der Waals surface area contributed by atoms with E-state index in [1.165, 1.54) is 6.34 Å². The fraction of sp³-hybridized carbons (Fsp3) is 0.300. The lowest BCUT2D eigenvalue weighted by atomic mass is 9.93. The number of nitriles is 1. The zero-order chi connectivity index (χ0) is 19.4. The van der Waals surface area contributed by atoms with E-state index in [1.54, 1.807) is 24.0 Å². The molecule has 3 rings (SSSR count). The van der Waals surface area contributed by atoms with Gasteiger partial charge in [0.15, 0.2) is 5.84 Å². The van der Waals surface area contributed by atoms with Crippen LogP contribution in [0.5, 0.6) is 0 Å². The highest BCUT2D eigenvalue weighted by Gasteiger charge is 2.27. The second kappa shape index (κ2) is 8.19. The summed E-state index contributed by atoms with van der Waals surface area (Å²) in [6.45, 7) is 1.58. The normalized spacial score (nSPS) is 15.8. The molecule has 0 amide bonds. The molecule has 0 aliphatic carbocycles. The maximum atomic E-state index is 9.65. The number of nitrogens with one attached hydrogen (secondary N) is 1. The highest BCUT2D eigenvalue weighted by molar-refractivity contribution is 6.30. The van der Waals surface area contributed by atoms with Crippen LogP contribution in [0.3, 0.4) is 0 Å². The Morgan fingerprint density at radius 1 is 1.41 bits per heavy atom. The van der Waals surface area contributed by atoms with Crippen molar-refractivity contribution in [1.29, 1.82) is 10.7 Å². The summed E-state index contributed by atoms with van der Waals surface area (Å²) in [5.41, 5.74) is 9.58. The van der Waals surface area contributed by atoms with Gasteiger partial charge in [-0.1, -0.05) is 23.7 Å². The van der Waals surface area contributed by atoms with Crippen molar-refractivity contribution in [2.24, 2.45) is 11.7 Å². The number of nitrogens with zero attached hydrogens (tertiary/aromatic N) is 4. The first kappa shape index (κ1) is 18.9. The van der Waals surface area contributed by atoms with Gasteiger partial charge in [0.2, 0.25) is 6.34 Å². The minimum absolute atomic E-state index is 0.235. The molecule has 6 nitrogen and oxygen atoms in total. The van der Waals surface area contributed by atoms with Crippen molar-refractivity contribution in [3.8, 4) is 17.2 Å². The average molecular weight is 382 g/mol. The zero-order valence-electron chi connectivity index (χ0n) is 15.2. The van der Waals surface area contributed by atoms with Crippen molar-refractivity contribution < 1.29 is 4.58 Å². The van der Waals surface area contributed by atoms with Gasteiger partial charge in [-0.25, -0.2) is 4.58 Å². The summed E-state index contributed by atoms with van der Waals surface area (Å²) in [4.78, 5) is 6.43. The molecule has 0 saturated carbocycles. The summed E-state index contributed by atoms with van der Waals surface area (Å²) in [6.07, 6.45) is 6.34. The first-order chi connectivity index (χ1) is 13.0. The smallest absolute Gasteiger partial charge is 0.216 e. The predicted molar refractivity (Wildman–Crippen MR) is 108 cm³/mol. The van der Waals surface area contributed by atoms with E-state index in [2.05, 4.69) is 16.0 Å². The van der Waals surface area contributed by atoms with E-state index in [1.807, 2.05) is 24.3 Å². The molecule has 0 bridgehead atoms. The molecule has 1 aromatic heterocycles. The number of nitrogens with two attached hydrogens (primary N) is 1. The van der Waals surface area contributed by atoms with Crippen LogP contribution in [-0.2, 0) is 0 Å². The Labute approximate surface area is 164 Å². The van der Waals surface area contributed by atoms with E-state index in [0.717, 1.165) is 48.6 Å². The third-order valence-electron chi connectivity index (χ3n) is 5.00. The van der Waals surface area contributed by atoms with E-state index in [0.29, 0.717) is 10.6 Å². The second-order valence-corrected chi connectivity index (χ2v) is 7.07. The summed E-state index contributed by atoms with van der Waals surface area (Å²) in [5.74, 6) is 0.955. The third-order valence-corrected chi connectivity index (χ3v) is 5.21. The van der Waals surface area contributed by atoms with Gasteiger partial charge in [-0.15, -0.1) is 0 Å². The van der Waals surface area contributed by atoms with Gasteiger partial charge in [-0.2, -0.15) is 10.7 Å². The summed E-state index contributed by atoms with van der Waals surface area (Å²) >= 11 is 6.12. The summed E-state index contributed by atoms with van der Waals surface area (Å²) in [7, 11) is 1.80. The molecule has 1 fully saturated rings. The number of anilines is 1. The highest BCUT2D eigenvalue weighted by atomic mass is 35.5. The van der Waals surface area contributed by atoms with E-state index in [9.17, 15) is 5.26 Å². The minimum atomic E-state index is 0.235. The minimum Gasteiger partial charge on any atom is -0.370 e. The number of aromatic nitrogens is 1. The SMILES string of the molecule is C[N+](C=N)=C(N)C1CCN(c2c(C#N)cccc2-c2cncc(Cl)c2)CC1. The summed E-state index contributed by atoms with van der Waals surface area (Å²) in [6, 6.07) is 9.91. The highest BCUT2D eigenvalue weighted by Crippen LogP contribution is 2.36. The molecule has 0 unspecified atom stereocenters. The van der Waals surface area contributed by atoms with Crippen molar-refractivity contribution in [2.75, 3.05) is 25.0 Å². The predicted octanol–water partition coefficient (Wildman–Crippen LogP) is 3.10. The Morgan fingerprint density at radius 3 is 2.78 bits per heavy atom. The van der Waals surface area contributed by atoms with Gasteiger partial charge in [-0.05, 0) is 25.0 Å². The number of hydrogen-bond donors (Lipinski definition) is 2. The lowest BCUT2D eigenvalue weighted by Gasteiger charge is -2.34. The number of rotatable bonds is 4. The molecule has 27 heavy (non-hydrogen) atoms. The number of benzene rings is 1. The maximum Gasteiger partial charge on any atom is 0.216 e. The molecule has 3 N–H and O–H groups in total. The fourth-order valence-corrected chi connectivity index (χ4v) is 3.70. The van der Waals surface area contributed by atoms with Gasteiger partial charge in [0.05, 0.1) is 23.3 Å². The van der Waals surface area contributed by atoms with Crippen LogP contribution >= 0.6 is 11.6 Å². The maximum absolute atomic E-state index is 9.65. The molecule has 0 atom stereocenters. The van der Waals surface area contributed by atoms with Crippen molar-refractivity contribution in [3.63, 3.8) is 0 Å². The Hall–Kier alpha value is -2.91. The summed E-state index contributed by atoms with van der Waals surface area (Å²) < 4.78 is 1.66. The number of amidine groups is 1. The van der Waals surface area contributed by atoms with Gasteiger partial charge in [0.1, 0.15) is 6.07 Å². The van der Waals surface area contributed by atoms with Crippen molar-refractivity contribution in [2.45, 2.75) is 12.8 Å². The van der Waals surface area contributed by atoms with Crippen molar-refractivity contribution in [1.82, 2.24) is 4.98 Å². The van der Waals surface area contributed by atoms with Gasteiger partial charge in [0, 0.05) is 42.5 Å². The van der Waals surface area contributed by atoms with Gasteiger partial charge in [-0.3, -0.25) is 4.98 Å². The topological polar surface area (TPSA) is 92.8 Å². The molecule has 0 radical (unpaired) electrons. The number of halogens is 1. The van der Waals surface area contributed by atoms with E-state index in [-0.39, 0.29) is 5.92 Å². The second-order valence-electron chi connectivity index (χ2n) is 6.63. The first-order valence-electron chi connectivity index (χ1n) is 8.80. The van der Waals surface area contributed by atoms with Crippen LogP contribution in [0.4, 0.5) is 5.69 Å². The van der Waals surface area contributed by atoms with Crippen LogP contribution in [-0.4, -0.2) is 41.9 Å². The first-order valence-corrected chi connectivity index (χ1v) is 9.17. The molecule has 1 aromatic carbocycles. The number of pyridine rings is 1. The molecule has 138 valence electrons. The van der Waals surface area contributed by atoms with Crippen LogP contribution in [0.15, 0.2) is 36.7 Å². The Balaban J connectivity index is 1.94. The van der Waals surface area contributed by atoms with Crippen molar-refractivity contribution in [3.05, 3.63) is 47.2 Å². The molecule has 1 aliphatic heterocycles. The molecule has 7 heteroatoms. The Kier molecular flexibility index (Phi) is 5.72. The van der Waals surface area contributed by atoms with Gasteiger partial charge < -0.3 is 10.6 Å². The van der Waals surface area contributed by atoms with E-state index < -0.39 is 0 Å². The van der Waals surface area contributed by atoms with E-state index >= 15 is 0 Å². The van der Waals surface area contributed by atoms with Crippen LogP contribution in [0, 0.1) is 22.7 Å². The van der Waals surface area contributed by atoms with Gasteiger partial charge >= 0.3 is 0 Å². The monoisotopic (exact) mass is 381 g/mol. The Bertz CT molecular complexity index is 922. The third kappa shape index (κ3) is 3.93. The van der Waals surface area contributed by atoms with E-state index in [4.69, 9.17) is 22.7 Å². The molecule has 1 aliphatic rings. The van der Waals surface area contributed by atoms with Crippen LogP contribution in [0.2, 0.25) is 5.02 Å². The molecule has 0 spiro atoms. The molecule has 2 heterocycles. The molecular weight excluding hydrogens is 360 g/mol.